The Balaban J connectivity index is 1.56. The highest BCUT2D eigenvalue weighted by atomic mass is 35.5. The Morgan fingerprint density at radius 1 is 1.07 bits per heavy atom. The summed E-state index contributed by atoms with van der Waals surface area (Å²) in [7, 11) is 1.66. The molecular weight excluding hydrogens is 559 g/mol. The average molecular weight is 604 g/mol. The molecule has 3 rings (SSSR count). The maximum atomic E-state index is 13.4. The van der Waals surface area contributed by atoms with Crippen LogP contribution in [0, 0.1) is 11.3 Å². The Kier molecular flexibility index (Phi) is 12.4. The minimum Gasteiger partial charge on any atom is -0.496 e. The fraction of sp³-hybridized carbons (Fsp3) is 0.500. The lowest BCUT2D eigenvalue weighted by atomic mass is 9.84. The van der Waals surface area contributed by atoms with Gasteiger partial charge in [-0.25, -0.2) is 4.79 Å². The summed E-state index contributed by atoms with van der Waals surface area (Å²) in [6.07, 6.45) is 5.58. The van der Waals surface area contributed by atoms with E-state index in [1.807, 2.05) is 41.3 Å². The summed E-state index contributed by atoms with van der Waals surface area (Å²) >= 11 is 12.1. The van der Waals surface area contributed by atoms with Gasteiger partial charge in [0.15, 0.2) is 0 Å². The van der Waals surface area contributed by atoms with Crippen molar-refractivity contribution < 1.29 is 14.3 Å². The zero-order valence-electron chi connectivity index (χ0n) is 25.0. The van der Waals surface area contributed by atoms with Crippen LogP contribution in [0.1, 0.15) is 46.1 Å². The molecule has 0 spiro atoms. The number of hydrogen-bond acceptors (Lipinski definition) is 4. The fourth-order valence-corrected chi connectivity index (χ4v) is 5.48. The van der Waals surface area contributed by atoms with Gasteiger partial charge in [0, 0.05) is 63.5 Å². The summed E-state index contributed by atoms with van der Waals surface area (Å²) in [5, 5.41) is 3.75. The molecule has 1 saturated heterocycles. The van der Waals surface area contributed by atoms with Crippen LogP contribution in [0.2, 0.25) is 10.0 Å². The lowest BCUT2D eigenvalue weighted by Gasteiger charge is -2.36. The number of carbonyl (C=O) groups excluding carboxylic acids is 2. The highest BCUT2D eigenvalue weighted by Gasteiger charge is 2.24. The maximum absolute atomic E-state index is 13.4. The van der Waals surface area contributed by atoms with Crippen LogP contribution in [0.3, 0.4) is 0 Å². The van der Waals surface area contributed by atoms with Gasteiger partial charge in [-0.05, 0) is 42.0 Å². The normalized spacial score (nSPS) is 15.1. The van der Waals surface area contributed by atoms with Gasteiger partial charge in [-0.1, -0.05) is 81.2 Å². The number of amides is 3. The SMILES string of the molecule is COc1ccccc1/C=C/CN(CCN1CCN(C(=O)Nc2ccc(Cl)c(Cl)c2)CC1)C(=O)CC(C)CC(C)(C)C. The molecule has 224 valence electrons. The first-order valence-corrected chi connectivity index (χ1v) is 15.0. The first kappa shape index (κ1) is 32.8. The largest absolute Gasteiger partial charge is 0.496 e. The van der Waals surface area contributed by atoms with Gasteiger partial charge in [0.2, 0.25) is 5.91 Å². The molecule has 9 heteroatoms. The van der Waals surface area contributed by atoms with E-state index in [1.165, 1.54) is 0 Å². The lowest BCUT2D eigenvalue weighted by molar-refractivity contribution is -0.132. The topological polar surface area (TPSA) is 65.1 Å². The lowest BCUT2D eigenvalue weighted by Crippen LogP contribution is -2.51. The van der Waals surface area contributed by atoms with Crippen LogP contribution < -0.4 is 10.1 Å². The van der Waals surface area contributed by atoms with Crippen molar-refractivity contribution >= 4 is 46.9 Å². The van der Waals surface area contributed by atoms with Crippen LogP contribution in [-0.2, 0) is 4.79 Å². The van der Waals surface area contributed by atoms with Crippen molar-refractivity contribution in [3.05, 3.63) is 64.1 Å². The third-order valence-corrected chi connectivity index (χ3v) is 7.85. The van der Waals surface area contributed by atoms with E-state index in [2.05, 4.69) is 37.9 Å². The second-order valence-corrected chi connectivity index (χ2v) is 12.8. The second-order valence-electron chi connectivity index (χ2n) is 11.9. The fourth-order valence-electron chi connectivity index (χ4n) is 5.19. The molecule has 1 N–H and O–H groups in total. The van der Waals surface area contributed by atoms with E-state index < -0.39 is 0 Å². The van der Waals surface area contributed by atoms with Gasteiger partial charge in [-0.15, -0.1) is 0 Å². The minimum absolute atomic E-state index is 0.158. The van der Waals surface area contributed by atoms with E-state index in [-0.39, 0.29) is 17.4 Å². The number of nitrogens with zero attached hydrogens (tertiary/aromatic N) is 3. The van der Waals surface area contributed by atoms with Gasteiger partial charge in [0.1, 0.15) is 5.75 Å². The number of carbonyl (C=O) groups is 2. The van der Waals surface area contributed by atoms with E-state index in [1.54, 1.807) is 30.2 Å². The molecule has 2 aromatic rings. The van der Waals surface area contributed by atoms with Gasteiger partial charge in [-0.3, -0.25) is 9.69 Å². The number of nitrogens with one attached hydrogen (secondary N) is 1. The first-order chi connectivity index (χ1) is 19.4. The van der Waals surface area contributed by atoms with Crippen molar-refractivity contribution in [2.45, 2.75) is 40.5 Å². The summed E-state index contributed by atoms with van der Waals surface area (Å²) in [5.74, 6) is 1.29. The Bertz CT molecular complexity index is 1190. The third kappa shape index (κ3) is 10.9. The molecule has 41 heavy (non-hydrogen) atoms. The molecule has 3 amide bonds. The molecule has 0 aromatic heterocycles. The second kappa shape index (κ2) is 15.5. The van der Waals surface area contributed by atoms with Crippen molar-refractivity contribution in [3.63, 3.8) is 0 Å². The number of hydrogen-bond donors (Lipinski definition) is 1. The first-order valence-electron chi connectivity index (χ1n) is 14.3. The average Bonchev–Trinajstić information content (AvgIpc) is 2.92. The predicted octanol–water partition coefficient (Wildman–Crippen LogP) is 7.16. The number of benzene rings is 2. The van der Waals surface area contributed by atoms with Crippen LogP contribution in [0.5, 0.6) is 5.75 Å². The van der Waals surface area contributed by atoms with Gasteiger partial charge >= 0.3 is 6.03 Å². The Morgan fingerprint density at radius 2 is 1.78 bits per heavy atom. The highest BCUT2D eigenvalue weighted by Crippen LogP contribution is 2.27. The number of anilines is 1. The third-order valence-electron chi connectivity index (χ3n) is 7.12. The van der Waals surface area contributed by atoms with Crippen molar-refractivity contribution in [3.8, 4) is 5.75 Å². The van der Waals surface area contributed by atoms with Gasteiger partial charge < -0.3 is 19.9 Å². The molecule has 1 aliphatic rings. The van der Waals surface area contributed by atoms with Crippen molar-refractivity contribution in [1.29, 1.82) is 0 Å². The summed E-state index contributed by atoms with van der Waals surface area (Å²) < 4.78 is 5.46. The quantitative estimate of drug-likeness (QED) is 0.296. The van der Waals surface area contributed by atoms with Crippen LogP contribution in [0.4, 0.5) is 10.5 Å². The molecule has 2 aromatic carbocycles. The predicted molar refractivity (Wildman–Crippen MR) is 170 cm³/mol. The standard InChI is InChI=1S/C32H44Cl2N4O3/c1-24(23-32(2,3)4)21-30(39)37(14-8-10-25-9-6-7-11-29(25)41-5)18-15-36-16-19-38(20-17-36)31(40)35-26-12-13-27(33)28(34)22-26/h6-13,22,24H,14-21,23H2,1-5H3,(H,35,40)/b10-8+. The van der Waals surface area contributed by atoms with E-state index >= 15 is 0 Å². The molecule has 0 saturated carbocycles. The Hall–Kier alpha value is -2.74. The zero-order chi connectivity index (χ0) is 30.0. The van der Waals surface area contributed by atoms with Crippen LogP contribution in [-0.4, -0.2) is 79.6 Å². The van der Waals surface area contributed by atoms with E-state index in [0.717, 1.165) is 37.4 Å². The number of para-hydroxylation sites is 1. The van der Waals surface area contributed by atoms with Crippen molar-refractivity contribution in [1.82, 2.24) is 14.7 Å². The molecule has 7 nitrogen and oxygen atoms in total. The number of methoxy groups -OCH3 is 1. The monoisotopic (exact) mass is 602 g/mol. The van der Waals surface area contributed by atoms with Crippen LogP contribution in [0.25, 0.3) is 6.08 Å². The maximum Gasteiger partial charge on any atom is 0.321 e. The van der Waals surface area contributed by atoms with Crippen molar-refractivity contribution in [2.24, 2.45) is 11.3 Å². The molecule has 1 atom stereocenters. The minimum atomic E-state index is -0.158. The summed E-state index contributed by atoms with van der Waals surface area (Å²) in [6, 6.07) is 12.7. The van der Waals surface area contributed by atoms with Crippen LogP contribution in [0.15, 0.2) is 48.5 Å². The smallest absolute Gasteiger partial charge is 0.321 e. The number of urea groups is 1. The summed E-state index contributed by atoms with van der Waals surface area (Å²) in [6.45, 7) is 13.4. The Morgan fingerprint density at radius 3 is 2.44 bits per heavy atom. The number of halogens is 2. The van der Waals surface area contributed by atoms with Crippen molar-refractivity contribution in [2.75, 3.05) is 58.2 Å². The molecule has 1 aliphatic heterocycles. The molecule has 0 bridgehead atoms. The molecule has 0 radical (unpaired) electrons. The summed E-state index contributed by atoms with van der Waals surface area (Å²) in [5.41, 5.74) is 1.78. The number of ether oxygens (including phenoxy) is 1. The van der Waals surface area contributed by atoms with E-state index in [0.29, 0.717) is 54.3 Å². The van der Waals surface area contributed by atoms with E-state index in [4.69, 9.17) is 27.9 Å². The van der Waals surface area contributed by atoms with Gasteiger partial charge in [0.05, 0.1) is 17.2 Å². The molecule has 0 aliphatic carbocycles. The molecule has 1 heterocycles. The van der Waals surface area contributed by atoms with Gasteiger partial charge in [-0.2, -0.15) is 0 Å². The highest BCUT2D eigenvalue weighted by molar-refractivity contribution is 6.42. The van der Waals surface area contributed by atoms with Crippen LogP contribution >= 0.6 is 23.2 Å². The van der Waals surface area contributed by atoms with Gasteiger partial charge in [0.25, 0.3) is 0 Å². The summed E-state index contributed by atoms with van der Waals surface area (Å²) in [4.78, 5) is 32.2. The Labute approximate surface area is 255 Å². The molecular formula is C32H44Cl2N4O3. The molecule has 1 fully saturated rings. The molecule has 1 unspecified atom stereocenters. The number of piperazine rings is 1. The zero-order valence-corrected chi connectivity index (χ0v) is 26.5. The number of rotatable bonds is 11. The van der Waals surface area contributed by atoms with E-state index in [9.17, 15) is 9.59 Å².